The van der Waals surface area contributed by atoms with Crippen molar-refractivity contribution in [3.8, 4) is 0 Å². The molecule has 1 aromatic carbocycles. The number of amides is 2. The smallest absolute Gasteiger partial charge is 0.252 e. The standard InChI is InChI=1S/C16H15ClN2O2S2/c17-11-1-2-14-12(7-11)13(4-6-23-14)19-15(20)8-18-16(21)10-3-5-22-9-10/h1-3,5,7,9,13H,4,6,8H2,(H,18,21)(H,19,20). The molecule has 1 aromatic heterocycles. The largest absolute Gasteiger partial charge is 0.348 e. The van der Waals surface area contributed by atoms with Crippen molar-refractivity contribution in [2.24, 2.45) is 0 Å². The number of fused-ring (bicyclic) bond motifs is 1. The predicted octanol–water partition coefficient (Wildman–Crippen LogP) is 3.48. The Kier molecular flexibility index (Phi) is 5.25. The van der Waals surface area contributed by atoms with Crippen molar-refractivity contribution in [3.63, 3.8) is 0 Å². The summed E-state index contributed by atoms with van der Waals surface area (Å²) in [7, 11) is 0. The predicted molar refractivity (Wildman–Crippen MR) is 94.3 cm³/mol. The average molecular weight is 367 g/mol. The summed E-state index contributed by atoms with van der Waals surface area (Å²) in [5, 5.41) is 9.86. The second-order valence-electron chi connectivity index (χ2n) is 5.13. The van der Waals surface area contributed by atoms with E-state index in [2.05, 4.69) is 10.6 Å². The fraction of sp³-hybridized carbons (Fsp3) is 0.250. The number of halogens is 1. The van der Waals surface area contributed by atoms with E-state index in [4.69, 9.17) is 11.6 Å². The molecule has 1 unspecified atom stereocenters. The molecule has 0 saturated carbocycles. The quantitative estimate of drug-likeness (QED) is 0.870. The second kappa shape index (κ2) is 7.38. The van der Waals surface area contributed by atoms with E-state index < -0.39 is 0 Å². The summed E-state index contributed by atoms with van der Waals surface area (Å²) in [5.74, 6) is 0.515. The van der Waals surface area contributed by atoms with E-state index in [1.54, 1.807) is 23.2 Å². The summed E-state index contributed by atoms with van der Waals surface area (Å²) < 4.78 is 0. The van der Waals surface area contributed by atoms with Gasteiger partial charge in [0.15, 0.2) is 0 Å². The third-order valence-corrected chi connectivity index (χ3v) is 5.58. The zero-order valence-corrected chi connectivity index (χ0v) is 14.6. The number of hydrogen-bond donors (Lipinski definition) is 2. The van der Waals surface area contributed by atoms with E-state index in [1.165, 1.54) is 11.3 Å². The first-order chi connectivity index (χ1) is 11.1. The van der Waals surface area contributed by atoms with Crippen LogP contribution in [0.15, 0.2) is 39.9 Å². The number of carbonyl (C=O) groups is 2. The number of carbonyl (C=O) groups excluding carboxylic acids is 2. The van der Waals surface area contributed by atoms with Gasteiger partial charge in [0.05, 0.1) is 12.6 Å². The van der Waals surface area contributed by atoms with E-state index in [1.807, 2.05) is 23.6 Å². The van der Waals surface area contributed by atoms with Gasteiger partial charge < -0.3 is 10.6 Å². The lowest BCUT2D eigenvalue weighted by Crippen LogP contribution is -2.39. The molecule has 0 fully saturated rings. The van der Waals surface area contributed by atoms with E-state index in [0.717, 1.165) is 22.6 Å². The van der Waals surface area contributed by atoms with Crippen molar-refractivity contribution in [1.29, 1.82) is 0 Å². The molecule has 4 nitrogen and oxygen atoms in total. The fourth-order valence-corrected chi connectivity index (χ4v) is 4.34. The summed E-state index contributed by atoms with van der Waals surface area (Å²) in [6.07, 6.45) is 0.849. The minimum Gasteiger partial charge on any atom is -0.348 e. The summed E-state index contributed by atoms with van der Waals surface area (Å²) in [5.41, 5.74) is 1.63. The number of thioether (sulfide) groups is 1. The normalized spacial score (nSPS) is 16.5. The Bertz CT molecular complexity index is 719. The Labute approximate surface area is 147 Å². The highest BCUT2D eigenvalue weighted by Crippen LogP contribution is 2.37. The van der Waals surface area contributed by atoms with Gasteiger partial charge in [-0.15, -0.1) is 11.8 Å². The summed E-state index contributed by atoms with van der Waals surface area (Å²) in [4.78, 5) is 25.1. The monoisotopic (exact) mass is 366 g/mol. The second-order valence-corrected chi connectivity index (χ2v) is 7.49. The minimum absolute atomic E-state index is 0.0335. The van der Waals surface area contributed by atoms with Crippen LogP contribution in [0.25, 0.3) is 0 Å². The molecule has 0 spiro atoms. The summed E-state index contributed by atoms with van der Waals surface area (Å²) >= 11 is 9.27. The van der Waals surface area contributed by atoms with Crippen LogP contribution in [0.5, 0.6) is 0 Å². The fourth-order valence-electron chi connectivity index (χ4n) is 2.42. The molecular formula is C16H15ClN2O2S2. The van der Waals surface area contributed by atoms with Crippen LogP contribution in [0, 0.1) is 0 Å². The van der Waals surface area contributed by atoms with Crippen LogP contribution in [-0.4, -0.2) is 24.1 Å². The molecule has 120 valence electrons. The molecule has 1 atom stereocenters. The third kappa shape index (κ3) is 4.07. The maximum Gasteiger partial charge on any atom is 0.252 e. The molecule has 0 radical (unpaired) electrons. The first-order valence-electron chi connectivity index (χ1n) is 7.15. The van der Waals surface area contributed by atoms with Gasteiger partial charge in [0.2, 0.25) is 5.91 Å². The zero-order chi connectivity index (χ0) is 16.2. The molecule has 0 saturated heterocycles. The van der Waals surface area contributed by atoms with Crippen LogP contribution in [0.1, 0.15) is 28.4 Å². The van der Waals surface area contributed by atoms with Crippen molar-refractivity contribution in [2.75, 3.05) is 12.3 Å². The minimum atomic E-state index is -0.232. The molecule has 2 heterocycles. The van der Waals surface area contributed by atoms with Crippen molar-refractivity contribution in [2.45, 2.75) is 17.4 Å². The van der Waals surface area contributed by atoms with Crippen LogP contribution in [-0.2, 0) is 4.79 Å². The number of nitrogens with one attached hydrogen (secondary N) is 2. The number of rotatable bonds is 4. The average Bonchev–Trinajstić information content (AvgIpc) is 3.08. The molecule has 2 aromatic rings. The van der Waals surface area contributed by atoms with Gasteiger partial charge in [0.1, 0.15) is 0 Å². The van der Waals surface area contributed by atoms with Gasteiger partial charge in [-0.3, -0.25) is 9.59 Å². The molecule has 0 aliphatic carbocycles. The van der Waals surface area contributed by atoms with Gasteiger partial charge in [-0.1, -0.05) is 11.6 Å². The summed E-state index contributed by atoms with van der Waals surface area (Å²) in [6.45, 7) is -0.0335. The van der Waals surface area contributed by atoms with E-state index in [0.29, 0.717) is 10.6 Å². The Morgan fingerprint density at radius 3 is 2.96 bits per heavy atom. The van der Waals surface area contributed by atoms with Crippen molar-refractivity contribution in [3.05, 3.63) is 51.2 Å². The zero-order valence-electron chi connectivity index (χ0n) is 12.2. The first-order valence-corrected chi connectivity index (χ1v) is 9.46. The Balaban J connectivity index is 1.59. The first kappa shape index (κ1) is 16.4. The number of benzene rings is 1. The van der Waals surface area contributed by atoms with Crippen LogP contribution >= 0.6 is 34.7 Å². The van der Waals surface area contributed by atoms with Crippen LogP contribution in [0.4, 0.5) is 0 Å². The topological polar surface area (TPSA) is 58.2 Å². The Morgan fingerprint density at radius 1 is 1.30 bits per heavy atom. The molecule has 1 aliphatic heterocycles. The van der Waals surface area contributed by atoms with E-state index in [9.17, 15) is 9.59 Å². The van der Waals surface area contributed by atoms with Gasteiger partial charge in [0, 0.05) is 26.6 Å². The van der Waals surface area contributed by atoms with Crippen LogP contribution in [0.2, 0.25) is 5.02 Å². The highest BCUT2D eigenvalue weighted by atomic mass is 35.5. The van der Waals surface area contributed by atoms with Crippen LogP contribution in [0.3, 0.4) is 0 Å². The van der Waals surface area contributed by atoms with Gasteiger partial charge >= 0.3 is 0 Å². The highest BCUT2D eigenvalue weighted by molar-refractivity contribution is 7.99. The Morgan fingerprint density at radius 2 is 2.17 bits per heavy atom. The van der Waals surface area contributed by atoms with Gasteiger partial charge in [-0.2, -0.15) is 11.3 Å². The van der Waals surface area contributed by atoms with Gasteiger partial charge in [-0.25, -0.2) is 0 Å². The molecule has 0 bridgehead atoms. The van der Waals surface area contributed by atoms with Gasteiger partial charge in [0.25, 0.3) is 5.91 Å². The lowest BCUT2D eigenvalue weighted by Gasteiger charge is -2.26. The maximum atomic E-state index is 12.1. The van der Waals surface area contributed by atoms with E-state index >= 15 is 0 Å². The molecule has 3 rings (SSSR count). The molecule has 7 heteroatoms. The molecule has 23 heavy (non-hydrogen) atoms. The van der Waals surface area contributed by atoms with Gasteiger partial charge in [-0.05, 0) is 41.6 Å². The maximum absolute atomic E-state index is 12.1. The molecular weight excluding hydrogens is 352 g/mol. The van der Waals surface area contributed by atoms with E-state index in [-0.39, 0.29) is 24.4 Å². The Hall–Kier alpha value is -1.50. The SMILES string of the molecule is O=C(CNC(=O)c1ccsc1)NC1CCSc2ccc(Cl)cc21. The number of hydrogen-bond acceptors (Lipinski definition) is 4. The van der Waals surface area contributed by atoms with Crippen molar-refractivity contribution in [1.82, 2.24) is 10.6 Å². The highest BCUT2D eigenvalue weighted by Gasteiger charge is 2.22. The lowest BCUT2D eigenvalue weighted by atomic mass is 10.0. The third-order valence-electron chi connectivity index (χ3n) is 3.54. The lowest BCUT2D eigenvalue weighted by molar-refractivity contribution is -0.120. The summed E-state index contributed by atoms with van der Waals surface area (Å²) in [6, 6.07) is 7.42. The van der Waals surface area contributed by atoms with Crippen molar-refractivity contribution >= 4 is 46.5 Å². The van der Waals surface area contributed by atoms with Crippen LogP contribution < -0.4 is 10.6 Å². The molecule has 2 N–H and O–H groups in total. The van der Waals surface area contributed by atoms with Crippen molar-refractivity contribution < 1.29 is 9.59 Å². The number of thiophene rings is 1. The molecule has 2 amide bonds. The molecule has 1 aliphatic rings.